The van der Waals surface area contributed by atoms with Gasteiger partial charge in [-0.15, -0.1) is 10.2 Å². The topological polar surface area (TPSA) is 86.2 Å². The predicted molar refractivity (Wildman–Crippen MR) is 110 cm³/mol. The van der Waals surface area contributed by atoms with Gasteiger partial charge in [-0.25, -0.2) is 4.79 Å². The monoisotopic (exact) mass is 403 g/mol. The molecule has 1 atom stereocenters. The third-order valence-corrected chi connectivity index (χ3v) is 5.60. The highest BCUT2D eigenvalue weighted by Crippen LogP contribution is 2.25. The molecular formula is C22H21N5O3. The quantitative estimate of drug-likeness (QED) is 0.522. The Morgan fingerprint density at radius 2 is 1.87 bits per heavy atom. The molecule has 1 amide bonds. The van der Waals surface area contributed by atoms with E-state index in [1.54, 1.807) is 23.1 Å². The van der Waals surface area contributed by atoms with E-state index >= 15 is 0 Å². The van der Waals surface area contributed by atoms with E-state index in [4.69, 9.17) is 4.42 Å². The lowest BCUT2D eigenvalue weighted by atomic mass is 10.0. The Morgan fingerprint density at radius 1 is 1.10 bits per heavy atom. The number of amides is 1. The molecule has 0 saturated carbocycles. The van der Waals surface area contributed by atoms with Crippen molar-refractivity contribution in [2.75, 3.05) is 6.54 Å². The van der Waals surface area contributed by atoms with E-state index < -0.39 is 5.76 Å². The number of aryl methyl sites for hydroxylation is 1. The first kappa shape index (κ1) is 18.4. The second kappa shape index (κ2) is 7.29. The molecule has 2 aromatic heterocycles. The van der Waals surface area contributed by atoms with Gasteiger partial charge in [0, 0.05) is 6.54 Å². The van der Waals surface area contributed by atoms with Crippen molar-refractivity contribution < 1.29 is 9.21 Å². The average molecular weight is 403 g/mol. The highest BCUT2D eigenvalue weighted by molar-refractivity contribution is 5.79. The molecule has 1 aliphatic heterocycles. The maximum atomic E-state index is 13.1. The summed E-state index contributed by atoms with van der Waals surface area (Å²) in [6.45, 7) is 2.77. The Labute approximate surface area is 172 Å². The molecule has 0 saturated heterocycles. The number of hydrogen-bond acceptors (Lipinski definition) is 5. The number of nitrogens with zero attached hydrogens (tertiary/aromatic N) is 5. The molecule has 5 rings (SSSR count). The van der Waals surface area contributed by atoms with Crippen LogP contribution in [0.2, 0.25) is 0 Å². The van der Waals surface area contributed by atoms with Crippen LogP contribution in [0.3, 0.4) is 0 Å². The predicted octanol–water partition coefficient (Wildman–Crippen LogP) is 2.32. The molecular weight excluding hydrogens is 382 g/mol. The summed E-state index contributed by atoms with van der Waals surface area (Å²) in [5.41, 5.74) is 2.28. The van der Waals surface area contributed by atoms with E-state index in [2.05, 4.69) is 26.9 Å². The van der Waals surface area contributed by atoms with Gasteiger partial charge in [0.2, 0.25) is 5.91 Å². The lowest BCUT2D eigenvalue weighted by Gasteiger charge is -2.34. The number of para-hydroxylation sites is 2. The van der Waals surface area contributed by atoms with Crippen molar-refractivity contribution >= 4 is 17.0 Å². The number of carbonyl (C=O) groups is 1. The number of benzene rings is 2. The van der Waals surface area contributed by atoms with Gasteiger partial charge in [-0.3, -0.25) is 9.36 Å². The second-order valence-corrected chi connectivity index (χ2v) is 7.57. The van der Waals surface area contributed by atoms with Gasteiger partial charge in [0.15, 0.2) is 11.4 Å². The summed E-state index contributed by atoms with van der Waals surface area (Å²) in [7, 11) is 0. The van der Waals surface area contributed by atoms with E-state index in [-0.39, 0.29) is 18.5 Å². The van der Waals surface area contributed by atoms with E-state index in [1.165, 1.54) is 10.1 Å². The summed E-state index contributed by atoms with van der Waals surface area (Å²) in [6, 6.07) is 17.3. The Hall–Kier alpha value is -3.68. The minimum atomic E-state index is -0.526. The molecule has 0 N–H and O–H groups in total. The molecule has 30 heavy (non-hydrogen) atoms. The fourth-order valence-corrected chi connectivity index (χ4v) is 4.20. The number of aromatic nitrogens is 4. The van der Waals surface area contributed by atoms with Crippen LogP contribution in [0.25, 0.3) is 11.1 Å². The van der Waals surface area contributed by atoms with Gasteiger partial charge in [0.1, 0.15) is 12.4 Å². The molecule has 0 fully saturated rings. The fraction of sp³-hybridized carbons (Fsp3) is 0.273. The molecule has 0 bridgehead atoms. The fourth-order valence-electron chi connectivity index (χ4n) is 4.20. The van der Waals surface area contributed by atoms with Crippen LogP contribution in [0.5, 0.6) is 0 Å². The Morgan fingerprint density at radius 3 is 2.70 bits per heavy atom. The first-order valence-electron chi connectivity index (χ1n) is 9.90. The highest BCUT2D eigenvalue weighted by Gasteiger charge is 2.31. The molecule has 8 nitrogen and oxygen atoms in total. The summed E-state index contributed by atoms with van der Waals surface area (Å²) in [5.74, 6) is 0.933. The number of oxazole rings is 1. The Balaban J connectivity index is 1.42. The third-order valence-electron chi connectivity index (χ3n) is 5.60. The summed E-state index contributed by atoms with van der Waals surface area (Å²) < 4.78 is 8.76. The number of rotatable bonds is 4. The molecule has 0 radical (unpaired) electrons. The number of hydrogen-bond donors (Lipinski definition) is 0. The molecule has 0 unspecified atom stereocenters. The zero-order valence-electron chi connectivity index (χ0n) is 16.6. The van der Waals surface area contributed by atoms with Gasteiger partial charge in [0.25, 0.3) is 0 Å². The minimum absolute atomic E-state index is 0.0351. The standard InChI is InChI=1S/C22H21N5O3/c1-15-23-24-20-13-25(12-17(27(15)20)11-16-7-3-2-4-8-16)21(28)14-26-18-9-5-6-10-19(18)30-22(26)29/h2-10,17H,11-14H2,1H3/t17-/m1/s1. The van der Waals surface area contributed by atoms with Gasteiger partial charge in [-0.1, -0.05) is 42.5 Å². The zero-order chi connectivity index (χ0) is 20.7. The van der Waals surface area contributed by atoms with Gasteiger partial charge in [0.05, 0.1) is 18.1 Å². The maximum Gasteiger partial charge on any atom is 0.420 e. The normalized spacial score (nSPS) is 16.0. The van der Waals surface area contributed by atoms with E-state index in [0.717, 1.165) is 18.1 Å². The summed E-state index contributed by atoms with van der Waals surface area (Å²) >= 11 is 0. The van der Waals surface area contributed by atoms with Crippen LogP contribution in [0.4, 0.5) is 0 Å². The van der Waals surface area contributed by atoms with Crippen molar-refractivity contribution in [2.24, 2.45) is 0 Å². The first-order valence-corrected chi connectivity index (χ1v) is 9.90. The van der Waals surface area contributed by atoms with Crippen molar-refractivity contribution in [3.8, 4) is 0 Å². The van der Waals surface area contributed by atoms with E-state index in [1.807, 2.05) is 31.2 Å². The second-order valence-electron chi connectivity index (χ2n) is 7.57. The van der Waals surface area contributed by atoms with Crippen LogP contribution in [-0.2, 0) is 24.3 Å². The molecule has 8 heteroatoms. The minimum Gasteiger partial charge on any atom is -0.408 e. The van der Waals surface area contributed by atoms with Crippen LogP contribution >= 0.6 is 0 Å². The van der Waals surface area contributed by atoms with Crippen molar-refractivity contribution in [3.63, 3.8) is 0 Å². The van der Waals surface area contributed by atoms with Crippen LogP contribution in [0.15, 0.2) is 63.8 Å². The average Bonchev–Trinajstić information content (AvgIpc) is 3.28. The molecule has 4 aromatic rings. The largest absolute Gasteiger partial charge is 0.420 e. The van der Waals surface area contributed by atoms with Crippen molar-refractivity contribution in [3.05, 3.63) is 82.4 Å². The SMILES string of the molecule is Cc1nnc2n1[C@H](Cc1ccccc1)CN(C(=O)Cn1c(=O)oc3ccccc31)C2. The molecule has 2 aromatic carbocycles. The van der Waals surface area contributed by atoms with Crippen molar-refractivity contribution in [1.29, 1.82) is 0 Å². The van der Waals surface area contributed by atoms with Crippen molar-refractivity contribution in [1.82, 2.24) is 24.2 Å². The van der Waals surface area contributed by atoms with Gasteiger partial charge >= 0.3 is 5.76 Å². The van der Waals surface area contributed by atoms with Gasteiger partial charge < -0.3 is 13.9 Å². The van der Waals surface area contributed by atoms with Crippen molar-refractivity contribution in [2.45, 2.75) is 32.5 Å². The van der Waals surface area contributed by atoms with E-state index in [0.29, 0.717) is 24.2 Å². The summed E-state index contributed by atoms with van der Waals surface area (Å²) in [4.78, 5) is 27.2. The van der Waals surface area contributed by atoms with E-state index in [9.17, 15) is 9.59 Å². The summed E-state index contributed by atoms with van der Waals surface area (Å²) in [5, 5.41) is 8.50. The Bertz CT molecular complexity index is 1270. The molecule has 0 aliphatic carbocycles. The zero-order valence-corrected chi connectivity index (χ0v) is 16.6. The molecule has 152 valence electrons. The van der Waals surface area contributed by atoms with Crippen LogP contribution in [0.1, 0.15) is 23.3 Å². The van der Waals surface area contributed by atoms with Gasteiger partial charge in [-0.05, 0) is 31.0 Å². The van der Waals surface area contributed by atoms with Gasteiger partial charge in [-0.2, -0.15) is 0 Å². The smallest absolute Gasteiger partial charge is 0.408 e. The number of fused-ring (bicyclic) bond motifs is 2. The van der Waals surface area contributed by atoms with Crippen LogP contribution in [0, 0.1) is 6.92 Å². The first-order chi connectivity index (χ1) is 14.6. The van der Waals surface area contributed by atoms with Crippen LogP contribution < -0.4 is 5.76 Å². The molecule has 3 heterocycles. The lowest BCUT2D eigenvalue weighted by Crippen LogP contribution is -2.44. The third kappa shape index (κ3) is 3.20. The lowest BCUT2D eigenvalue weighted by molar-refractivity contribution is -0.134. The Kier molecular flexibility index (Phi) is 4.46. The molecule has 1 aliphatic rings. The van der Waals surface area contributed by atoms with Crippen LogP contribution in [-0.4, -0.2) is 36.7 Å². The highest BCUT2D eigenvalue weighted by atomic mass is 16.4. The number of carbonyl (C=O) groups excluding carboxylic acids is 1. The molecule has 0 spiro atoms. The summed E-state index contributed by atoms with van der Waals surface area (Å²) in [6.07, 6.45) is 0.769. The maximum absolute atomic E-state index is 13.1.